The van der Waals surface area contributed by atoms with E-state index in [2.05, 4.69) is 10.4 Å². The summed E-state index contributed by atoms with van der Waals surface area (Å²) in [5.41, 5.74) is 1.95. The number of ether oxygens (including phenoxy) is 1. The molecule has 3 aromatic rings. The van der Waals surface area contributed by atoms with Crippen molar-refractivity contribution in [1.29, 1.82) is 0 Å². The third kappa shape index (κ3) is 4.14. The molecule has 0 saturated carbocycles. The first-order valence-electron chi connectivity index (χ1n) is 7.77. The first-order valence-corrected chi connectivity index (χ1v) is 7.77. The highest BCUT2D eigenvalue weighted by Crippen LogP contribution is 2.15. The van der Waals surface area contributed by atoms with Crippen molar-refractivity contribution in [3.05, 3.63) is 65.9 Å². The quantitative estimate of drug-likeness (QED) is 0.720. The van der Waals surface area contributed by atoms with E-state index < -0.39 is 12.1 Å². The zero-order valence-corrected chi connectivity index (χ0v) is 13.4. The molecule has 1 amide bonds. The molecule has 128 valence electrons. The van der Waals surface area contributed by atoms with Gasteiger partial charge in [-0.2, -0.15) is 5.10 Å². The minimum Gasteiger partial charge on any atom is -0.478 e. The van der Waals surface area contributed by atoms with Crippen molar-refractivity contribution in [1.82, 2.24) is 15.1 Å². The molecule has 0 bridgehead atoms. The van der Waals surface area contributed by atoms with Gasteiger partial charge in [0, 0.05) is 11.9 Å². The number of rotatable bonds is 6. The summed E-state index contributed by atoms with van der Waals surface area (Å²) >= 11 is 0. The zero-order chi connectivity index (χ0) is 17.6. The van der Waals surface area contributed by atoms with Crippen LogP contribution in [-0.2, 0) is 17.9 Å². The molecule has 1 heterocycles. The maximum atomic E-state index is 11.7. The highest BCUT2D eigenvalue weighted by Gasteiger charge is 2.08. The summed E-state index contributed by atoms with van der Waals surface area (Å²) in [5, 5.41) is 16.6. The summed E-state index contributed by atoms with van der Waals surface area (Å²) in [5.74, 6) is -0.975. The summed E-state index contributed by atoms with van der Waals surface area (Å²) in [6.07, 6.45) is 1.11. The number of carbonyl (C=O) groups is 2. The predicted molar refractivity (Wildman–Crippen MR) is 91.3 cm³/mol. The lowest BCUT2D eigenvalue weighted by molar-refractivity contribution is 0.0697. The molecule has 2 aromatic carbocycles. The Labute approximate surface area is 143 Å². The fourth-order valence-corrected chi connectivity index (χ4v) is 2.44. The first-order chi connectivity index (χ1) is 12.1. The van der Waals surface area contributed by atoms with Crippen molar-refractivity contribution < 1.29 is 19.4 Å². The van der Waals surface area contributed by atoms with Crippen molar-refractivity contribution in [2.24, 2.45) is 0 Å². The SMILES string of the molecule is O=C(NCCn1ncc2cc(C(=O)O)ccc21)OCc1ccccc1. The fraction of sp³-hybridized carbons (Fsp3) is 0.167. The highest BCUT2D eigenvalue weighted by molar-refractivity contribution is 5.93. The van der Waals surface area contributed by atoms with Crippen LogP contribution >= 0.6 is 0 Å². The van der Waals surface area contributed by atoms with Gasteiger partial charge in [-0.3, -0.25) is 4.68 Å². The minimum absolute atomic E-state index is 0.217. The second kappa shape index (κ2) is 7.48. The van der Waals surface area contributed by atoms with Crippen LogP contribution in [0.4, 0.5) is 4.79 Å². The van der Waals surface area contributed by atoms with Crippen molar-refractivity contribution in [3.63, 3.8) is 0 Å². The fourth-order valence-electron chi connectivity index (χ4n) is 2.44. The lowest BCUT2D eigenvalue weighted by atomic mass is 10.1. The normalized spacial score (nSPS) is 10.6. The molecular formula is C18H17N3O4. The van der Waals surface area contributed by atoms with Gasteiger partial charge in [-0.05, 0) is 23.8 Å². The number of hydrogen-bond donors (Lipinski definition) is 2. The molecule has 2 N–H and O–H groups in total. The van der Waals surface area contributed by atoms with Crippen LogP contribution < -0.4 is 5.32 Å². The maximum absolute atomic E-state index is 11.7. The molecule has 1 aromatic heterocycles. The average Bonchev–Trinajstić information content (AvgIpc) is 3.03. The summed E-state index contributed by atoms with van der Waals surface area (Å²) in [4.78, 5) is 22.7. The van der Waals surface area contributed by atoms with Crippen LogP contribution in [0.3, 0.4) is 0 Å². The second-order valence-corrected chi connectivity index (χ2v) is 5.43. The summed E-state index contributed by atoms with van der Waals surface area (Å²) in [6.45, 7) is 1.02. The molecule has 0 fully saturated rings. The molecule has 0 saturated heterocycles. The molecule has 7 nitrogen and oxygen atoms in total. The Kier molecular flexibility index (Phi) is 4.94. The van der Waals surface area contributed by atoms with Crippen LogP contribution in [0.25, 0.3) is 10.9 Å². The van der Waals surface area contributed by atoms with Gasteiger partial charge in [-0.15, -0.1) is 0 Å². The van der Waals surface area contributed by atoms with E-state index in [9.17, 15) is 9.59 Å². The number of nitrogens with one attached hydrogen (secondary N) is 1. The largest absolute Gasteiger partial charge is 0.478 e. The molecule has 3 rings (SSSR count). The number of aromatic nitrogens is 2. The number of carboxylic acid groups (broad SMARTS) is 1. The van der Waals surface area contributed by atoms with E-state index in [1.54, 1.807) is 23.0 Å². The monoisotopic (exact) mass is 339 g/mol. The Hall–Kier alpha value is -3.35. The first kappa shape index (κ1) is 16.5. The van der Waals surface area contributed by atoms with Gasteiger partial charge in [0.1, 0.15) is 6.61 Å². The zero-order valence-electron chi connectivity index (χ0n) is 13.4. The highest BCUT2D eigenvalue weighted by atomic mass is 16.5. The van der Waals surface area contributed by atoms with Gasteiger partial charge >= 0.3 is 12.1 Å². The van der Waals surface area contributed by atoms with E-state index in [1.165, 1.54) is 6.07 Å². The minimum atomic E-state index is -0.975. The second-order valence-electron chi connectivity index (χ2n) is 5.43. The van der Waals surface area contributed by atoms with Crippen LogP contribution in [0, 0.1) is 0 Å². The van der Waals surface area contributed by atoms with Crippen LogP contribution in [-0.4, -0.2) is 33.5 Å². The average molecular weight is 339 g/mol. The summed E-state index contributed by atoms with van der Waals surface area (Å²) < 4.78 is 6.84. The Morgan fingerprint density at radius 3 is 2.72 bits per heavy atom. The standard InChI is InChI=1S/C18H17N3O4/c22-17(23)14-6-7-16-15(10-14)11-20-21(16)9-8-19-18(24)25-12-13-4-2-1-3-5-13/h1-7,10-11H,8-9,12H2,(H,19,24)(H,22,23). The molecule has 0 atom stereocenters. The Morgan fingerprint density at radius 2 is 1.96 bits per heavy atom. The molecule has 0 unspecified atom stereocenters. The van der Waals surface area contributed by atoms with Gasteiger partial charge < -0.3 is 15.2 Å². The third-order valence-corrected chi connectivity index (χ3v) is 3.69. The molecule has 0 spiro atoms. The van der Waals surface area contributed by atoms with Gasteiger partial charge in [0.25, 0.3) is 0 Å². The molecular weight excluding hydrogens is 322 g/mol. The number of carbonyl (C=O) groups excluding carboxylic acids is 1. The van der Waals surface area contributed by atoms with Gasteiger partial charge in [0.15, 0.2) is 0 Å². The maximum Gasteiger partial charge on any atom is 0.407 e. The summed E-state index contributed by atoms with van der Waals surface area (Å²) in [7, 11) is 0. The number of nitrogens with zero attached hydrogens (tertiary/aromatic N) is 2. The number of aromatic carboxylic acids is 1. The van der Waals surface area contributed by atoms with Crippen LogP contribution in [0.5, 0.6) is 0 Å². The Balaban J connectivity index is 1.51. The van der Waals surface area contributed by atoms with Gasteiger partial charge in [0.2, 0.25) is 0 Å². The lowest BCUT2D eigenvalue weighted by Crippen LogP contribution is -2.28. The predicted octanol–water partition coefficient (Wildman–Crippen LogP) is 2.66. The van der Waals surface area contributed by atoms with E-state index in [0.29, 0.717) is 13.1 Å². The number of hydrogen-bond acceptors (Lipinski definition) is 4. The van der Waals surface area contributed by atoms with Crippen molar-refractivity contribution in [2.75, 3.05) is 6.54 Å². The Morgan fingerprint density at radius 1 is 1.16 bits per heavy atom. The molecule has 7 heteroatoms. The number of benzene rings is 2. The van der Waals surface area contributed by atoms with Gasteiger partial charge in [-0.25, -0.2) is 9.59 Å². The van der Waals surface area contributed by atoms with Crippen molar-refractivity contribution in [3.8, 4) is 0 Å². The topological polar surface area (TPSA) is 93.5 Å². The van der Waals surface area contributed by atoms with Gasteiger partial charge in [0.05, 0.1) is 23.8 Å². The van der Waals surface area contributed by atoms with E-state index in [-0.39, 0.29) is 12.2 Å². The summed E-state index contributed by atoms with van der Waals surface area (Å²) in [6, 6.07) is 14.2. The Bertz CT molecular complexity index is 890. The molecule has 0 aliphatic heterocycles. The number of carboxylic acids is 1. The van der Waals surface area contributed by atoms with Crippen LogP contribution in [0.15, 0.2) is 54.7 Å². The van der Waals surface area contributed by atoms with Crippen molar-refractivity contribution >= 4 is 23.0 Å². The van der Waals surface area contributed by atoms with Crippen LogP contribution in [0.1, 0.15) is 15.9 Å². The van der Waals surface area contributed by atoms with Gasteiger partial charge in [-0.1, -0.05) is 30.3 Å². The molecule has 0 aliphatic rings. The van der Waals surface area contributed by atoms with E-state index in [4.69, 9.17) is 9.84 Å². The molecule has 25 heavy (non-hydrogen) atoms. The number of alkyl carbamates (subject to hydrolysis) is 1. The molecule has 0 aliphatic carbocycles. The molecule has 0 radical (unpaired) electrons. The van der Waals surface area contributed by atoms with E-state index >= 15 is 0 Å². The third-order valence-electron chi connectivity index (χ3n) is 3.69. The van der Waals surface area contributed by atoms with E-state index in [1.807, 2.05) is 30.3 Å². The van der Waals surface area contributed by atoms with Crippen molar-refractivity contribution in [2.45, 2.75) is 13.2 Å². The smallest absolute Gasteiger partial charge is 0.407 e. The number of fused-ring (bicyclic) bond motifs is 1. The number of amides is 1. The van der Waals surface area contributed by atoms with Crippen LogP contribution in [0.2, 0.25) is 0 Å². The lowest BCUT2D eigenvalue weighted by Gasteiger charge is -2.08. The van der Waals surface area contributed by atoms with E-state index in [0.717, 1.165) is 16.5 Å².